The predicted molar refractivity (Wildman–Crippen MR) is 48.1 cm³/mol. The summed E-state index contributed by atoms with van der Waals surface area (Å²) < 4.78 is 0. The van der Waals surface area contributed by atoms with Gasteiger partial charge in [0.1, 0.15) is 6.04 Å². The third kappa shape index (κ3) is 1.43. The number of hydrogen-bond donors (Lipinski definition) is 1. The molecule has 1 saturated carbocycles. The number of carbonyl (C=O) groups excluding carboxylic acids is 1. The zero-order valence-electron chi connectivity index (χ0n) is 6.90. The molecule has 69 valence electrons. The summed E-state index contributed by atoms with van der Waals surface area (Å²) in [5.74, 6) is 0.944. The first kappa shape index (κ1) is 9.81. The van der Waals surface area contributed by atoms with Crippen LogP contribution < -0.4 is 11.1 Å². The normalized spacial score (nSPS) is 38.8. The fourth-order valence-electron chi connectivity index (χ4n) is 2.39. The third-order valence-corrected chi connectivity index (χ3v) is 2.95. The number of fused-ring (bicyclic) bond motifs is 1. The first-order chi connectivity index (χ1) is 5.29. The van der Waals surface area contributed by atoms with E-state index in [-0.39, 0.29) is 24.4 Å². The van der Waals surface area contributed by atoms with Crippen molar-refractivity contribution >= 4 is 18.3 Å². The summed E-state index contributed by atoms with van der Waals surface area (Å²) in [5.41, 5.74) is 5.22. The molecular formula is C8H14ClN2O. The van der Waals surface area contributed by atoms with E-state index in [4.69, 9.17) is 5.73 Å². The SMILES string of the molecule is Cl.NC(=O)C1[N]CC2CCCC21. The van der Waals surface area contributed by atoms with Gasteiger partial charge in [-0.2, -0.15) is 0 Å². The van der Waals surface area contributed by atoms with Gasteiger partial charge in [0.25, 0.3) is 0 Å². The number of halogens is 1. The molecule has 1 amide bonds. The molecule has 2 rings (SSSR count). The van der Waals surface area contributed by atoms with E-state index in [2.05, 4.69) is 5.32 Å². The summed E-state index contributed by atoms with van der Waals surface area (Å²) in [7, 11) is 0. The van der Waals surface area contributed by atoms with Crippen LogP contribution in [0.15, 0.2) is 0 Å². The summed E-state index contributed by atoms with van der Waals surface area (Å²) >= 11 is 0. The molecule has 1 heterocycles. The average Bonchev–Trinajstić information content (AvgIpc) is 2.41. The number of amides is 1. The number of rotatable bonds is 1. The standard InChI is InChI=1S/C8H13N2O.ClH/c9-8(11)7-6-3-1-2-5(6)4-10-7;/h5-7H,1-4H2,(H2,9,11);1H. The minimum atomic E-state index is -0.223. The van der Waals surface area contributed by atoms with E-state index in [0.29, 0.717) is 11.8 Å². The third-order valence-electron chi connectivity index (χ3n) is 2.95. The molecule has 3 unspecified atom stereocenters. The highest BCUT2D eigenvalue weighted by Crippen LogP contribution is 2.38. The van der Waals surface area contributed by atoms with E-state index in [1.807, 2.05) is 0 Å². The molecule has 12 heavy (non-hydrogen) atoms. The number of primary amides is 1. The maximum atomic E-state index is 10.9. The zero-order chi connectivity index (χ0) is 7.84. The van der Waals surface area contributed by atoms with E-state index >= 15 is 0 Å². The number of nitrogens with zero attached hydrogens (tertiary/aromatic N) is 1. The van der Waals surface area contributed by atoms with Crippen LogP contribution in [0.25, 0.3) is 0 Å². The topological polar surface area (TPSA) is 57.2 Å². The largest absolute Gasteiger partial charge is 0.368 e. The van der Waals surface area contributed by atoms with Crippen molar-refractivity contribution in [3.8, 4) is 0 Å². The molecule has 1 aliphatic heterocycles. The predicted octanol–water partition coefficient (Wildman–Crippen LogP) is 0.296. The van der Waals surface area contributed by atoms with Crippen LogP contribution in [0, 0.1) is 11.8 Å². The molecule has 2 aliphatic rings. The van der Waals surface area contributed by atoms with E-state index in [1.54, 1.807) is 0 Å². The summed E-state index contributed by atoms with van der Waals surface area (Å²) in [4.78, 5) is 10.9. The maximum absolute atomic E-state index is 10.9. The Labute approximate surface area is 78.5 Å². The van der Waals surface area contributed by atoms with Gasteiger partial charge in [-0.3, -0.25) is 4.79 Å². The molecular weight excluding hydrogens is 176 g/mol. The van der Waals surface area contributed by atoms with Crippen LogP contribution in [0.1, 0.15) is 19.3 Å². The highest BCUT2D eigenvalue weighted by molar-refractivity contribution is 5.85. The van der Waals surface area contributed by atoms with Crippen LogP contribution in [-0.4, -0.2) is 18.5 Å². The lowest BCUT2D eigenvalue weighted by Gasteiger charge is -2.12. The van der Waals surface area contributed by atoms with Crippen molar-refractivity contribution in [1.82, 2.24) is 5.32 Å². The summed E-state index contributed by atoms with van der Waals surface area (Å²) in [6, 6.07) is -0.150. The van der Waals surface area contributed by atoms with E-state index in [1.165, 1.54) is 12.8 Å². The van der Waals surface area contributed by atoms with Gasteiger partial charge in [-0.1, -0.05) is 6.42 Å². The van der Waals surface area contributed by atoms with Gasteiger partial charge in [-0.25, -0.2) is 5.32 Å². The van der Waals surface area contributed by atoms with Crippen molar-refractivity contribution in [2.24, 2.45) is 17.6 Å². The van der Waals surface area contributed by atoms with Crippen LogP contribution in [-0.2, 0) is 4.79 Å². The fraction of sp³-hybridized carbons (Fsp3) is 0.875. The molecule has 0 spiro atoms. The van der Waals surface area contributed by atoms with Gasteiger partial charge in [0.2, 0.25) is 5.91 Å². The zero-order valence-corrected chi connectivity index (χ0v) is 7.72. The smallest absolute Gasteiger partial charge is 0.236 e. The second-order valence-corrected chi connectivity index (χ2v) is 3.57. The molecule has 2 fully saturated rings. The van der Waals surface area contributed by atoms with Gasteiger partial charge in [0, 0.05) is 6.54 Å². The van der Waals surface area contributed by atoms with Gasteiger partial charge in [0.05, 0.1) is 0 Å². The van der Waals surface area contributed by atoms with Crippen LogP contribution in [0.3, 0.4) is 0 Å². The average molecular weight is 190 g/mol. The van der Waals surface area contributed by atoms with Crippen molar-refractivity contribution in [2.45, 2.75) is 25.3 Å². The molecule has 0 aromatic carbocycles. The number of nitrogens with two attached hydrogens (primary N) is 1. The van der Waals surface area contributed by atoms with Gasteiger partial charge < -0.3 is 5.73 Å². The molecule has 1 aliphatic carbocycles. The van der Waals surface area contributed by atoms with E-state index < -0.39 is 0 Å². The van der Waals surface area contributed by atoms with E-state index in [9.17, 15) is 4.79 Å². The Morgan fingerprint density at radius 1 is 1.42 bits per heavy atom. The van der Waals surface area contributed by atoms with Crippen LogP contribution in [0.5, 0.6) is 0 Å². The Kier molecular flexibility index (Phi) is 2.96. The second kappa shape index (κ2) is 3.62. The van der Waals surface area contributed by atoms with Crippen molar-refractivity contribution in [3.63, 3.8) is 0 Å². The first-order valence-corrected chi connectivity index (χ1v) is 4.25. The second-order valence-electron chi connectivity index (χ2n) is 3.57. The molecule has 0 aromatic heterocycles. The molecule has 3 nitrogen and oxygen atoms in total. The lowest BCUT2D eigenvalue weighted by molar-refractivity contribution is -0.120. The maximum Gasteiger partial charge on any atom is 0.236 e. The van der Waals surface area contributed by atoms with Gasteiger partial charge in [-0.05, 0) is 24.7 Å². The number of carbonyl (C=O) groups is 1. The Morgan fingerprint density at radius 2 is 2.17 bits per heavy atom. The minimum Gasteiger partial charge on any atom is -0.368 e. The lowest BCUT2D eigenvalue weighted by Crippen LogP contribution is -2.36. The fourth-order valence-corrected chi connectivity index (χ4v) is 2.39. The highest BCUT2D eigenvalue weighted by Gasteiger charge is 2.42. The van der Waals surface area contributed by atoms with E-state index in [0.717, 1.165) is 13.0 Å². The molecule has 3 atom stereocenters. The van der Waals surface area contributed by atoms with Crippen LogP contribution in [0.2, 0.25) is 0 Å². The summed E-state index contributed by atoms with van der Waals surface area (Å²) in [6.45, 7) is 0.873. The molecule has 1 radical (unpaired) electrons. The summed E-state index contributed by atoms with van der Waals surface area (Å²) in [5, 5.41) is 4.25. The van der Waals surface area contributed by atoms with Gasteiger partial charge >= 0.3 is 0 Å². The number of hydrogen-bond acceptors (Lipinski definition) is 1. The monoisotopic (exact) mass is 189 g/mol. The van der Waals surface area contributed by atoms with Gasteiger partial charge in [0.15, 0.2) is 0 Å². The Bertz CT molecular complexity index is 186. The Balaban J connectivity index is 0.000000720. The van der Waals surface area contributed by atoms with Crippen LogP contribution in [0.4, 0.5) is 0 Å². The van der Waals surface area contributed by atoms with Gasteiger partial charge in [-0.15, -0.1) is 12.4 Å². The summed E-state index contributed by atoms with van der Waals surface area (Å²) in [6.07, 6.45) is 3.66. The quantitative estimate of drug-likeness (QED) is 0.634. The molecule has 4 heteroatoms. The lowest BCUT2D eigenvalue weighted by atomic mass is 9.94. The molecule has 2 N–H and O–H groups in total. The Morgan fingerprint density at radius 3 is 2.83 bits per heavy atom. The molecule has 1 saturated heterocycles. The van der Waals surface area contributed by atoms with Crippen molar-refractivity contribution in [2.75, 3.05) is 6.54 Å². The Hall–Kier alpha value is -0.280. The van der Waals surface area contributed by atoms with Crippen molar-refractivity contribution in [3.05, 3.63) is 0 Å². The minimum absolute atomic E-state index is 0. The molecule has 0 bridgehead atoms. The first-order valence-electron chi connectivity index (χ1n) is 4.25. The van der Waals surface area contributed by atoms with Crippen LogP contribution >= 0.6 is 12.4 Å². The molecule has 0 aromatic rings. The highest BCUT2D eigenvalue weighted by atomic mass is 35.5. The van der Waals surface area contributed by atoms with Crippen molar-refractivity contribution in [1.29, 1.82) is 0 Å². The van der Waals surface area contributed by atoms with Crippen molar-refractivity contribution < 1.29 is 4.79 Å².